The van der Waals surface area contributed by atoms with Crippen LogP contribution in [-0.2, 0) is 20.4 Å². The number of hydroxylamine groups is 1. The Labute approximate surface area is 139 Å². The molecule has 2 rings (SSSR count). The molecule has 1 aliphatic rings. The van der Waals surface area contributed by atoms with E-state index >= 15 is 0 Å². The minimum Gasteiger partial charge on any atom is -0.413 e. The molecule has 1 aliphatic heterocycles. The molecule has 0 spiro atoms. The van der Waals surface area contributed by atoms with E-state index in [1.54, 1.807) is 19.2 Å². The van der Waals surface area contributed by atoms with Gasteiger partial charge in [-0.2, -0.15) is 0 Å². The SMILES string of the molecule is CC1=C(c2cncc(CC(C)(P(=O)(O)O)P(=O)(O)O)c2)C(C)NO1. The van der Waals surface area contributed by atoms with Crippen molar-refractivity contribution >= 4 is 20.8 Å². The second-order valence-corrected chi connectivity index (χ2v) is 10.5. The molecule has 9 nitrogen and oxygen atoms in total. The lowest BCUT2D eigenvalue weighted by atomic mass is 9.99. The van der Waals surface area contributed by atoms with E-state index in [1.165, 1.54) is 6.20 Å². The lowest BCUT2D eigenvalue weighted by Crippen LogP contribution is -2.28. The Morgan fingerprint density at radius 1 is 1.25 bits per heavy atom. The van der Waals surface area contributed by atoms with Gasteiger partial charge in [0, 0.05) is 30.0 Å². The Morgan fingerprint density at radius 3 is 2.29 bits per heavy atom. The number of rotatable bonds is 5. The fourth-order valence-corrected chi connectivity index (χ4v) is 4.68. The molecule has 2 heterocycles. The highest BCUT2D eigenvalue weighted by atomic mass is 31.2. The molecule has 11 heteroatoms. The Hall–Kier alpha value is -1.05. The normalized spacial score (nSPS) is 19.5. The van der Waals surface area contributed by atoms with Crippen molar-refractivity contribution in [3.05, 3.63) is 35.3 Å². The molecule has 0 bridgehead atoms. The fourth-order valence-electron chi connectivity index (χ4n) is 2.54. The molecule has 1 aromatic rings. The number of aromatic nitrogens is 1. The molecule has 24 heavy (non-hydrogen) atoms. The smallest absolute Gasteiger partial charge is 0.343 e. The Morgan fingerprint density at radius 2 is 1.83 bits per heavy atom. The minimum absolute atomic E-state index is 0.114. The molecule has 1 unspecified atom stereocenters. The molecule has 1 atom stereocenters. The summed E-state index contributed by atoms with van der Waals surface area (Å²) in [5.74, 6) is 0.634. The van der Waals surface area contributed by atoms with Gasteiger partial charge in [0.1, 0.15) is 5.76 Å². The van der Waals surface area contributed by atoms with E-state index < -0.39 is 26.5 Å². The van der Waals surface area contributed by atoms with Gasteiger partial charge in [-0.05, 0) is 32.4 Å². The van der Waals surface area contributed by atoms with Crippen LogP contribution in [0.2, 0.25) is 0 Å². The highest BCUT2D eigenvalue weighted by molar-refractivity contribution is 7.72. The molecule has 0 aromatic carbocycles. The Balaban J connectivity index is 2.44. The average Bonchev–Trinajstić information content (AvgIpc) is 2.76. The van der Waals surface area contributed by atoms with Crippen LogP contribution in [0.25, 0.3) is 5.57 Å². The van der Waals surface area contributed by atoms with Gasteiger partial charge in [-0.1, -0.05) is 0 Å². The molecule has 0 saturated heterocycles. The molecule has 0 amide bonds. The van der Waals surface area contributed by atoms with Gasteiger partial charge in [0.25, 0.3) is 0 Å². The number of pyridine rings is 1. The van der Waals surface area contributed by atoms with Crippen LogP contribution in [0, 0.1) is 0 Å². The maximum Gasteiger partial charge on any atom is 0.343 e. The third-order valence-corrected chi connectivity index (χ3v) is 8.49. The predicted molar refractivity (Wildman–Crippen MR) is 86.7 cm³/mol. The summed E-state index contributed by atoms with van der Waals surface area (Å²) >= 11 is 0. The van der Waals surface area contributed by atoms with Crippen molar-refractivity contribution in [2.45, 2.75) is 38.1 Å². The first kappa shape index (κ1) is 19.3. The first-order valence-corrected chi connectivity index (χ1v) is 10.3. The van der Waals surface area contributed by atoms with Gasteiger partial charge in [0.05, 0.1) is 6.04 Å². The zero-order chi connectivity index (χ0) is 18.3. The van der Waals surface area contributed by atoms with E-state index in [2.05, 4.69) is 10.5 Å². The van der Waals surface area contributed by atoms with Crippen LogP contribution in [0.4, 0.5) is 0 Å². The molecule has 5 N–H and O–H groups in total. The van der Waals surface area contributed by atoms with Crippen LogP contribution < -0.4 is 5.48 Å². The van der Waals surface area contributed by atoms with Crippen LogP contribution in [-0.4, -0.2) is 35.5 Å². The summed E-state index contributed by atoms with van der Waals surface area (Å²) in [6.45, 7) is 4.51. The second kappa shape index (κ2) is 6.35. The predicted octanol–water partition coefficient (Wildman–Crippen LogP) is 1.35. The van der Waals surface area contributed by atoms with Gasteiger partial charge in [-0.15, -0.1) is 5.48 Å². The van der Waals surface area contributed by atoms with Gasteiger partial charge in [0.15, 0.2) is 4.90 Å². The van der Waals surface area contributed by atoms with Crippen molar-refractivity contribution in [3.8, 4) is 0 Å². The number of hydrogen-bond donors (Lipinski definition) is 5. The Kier molecular flexibility index (Phi) is 5.10. The zero-order valence-corrected chi connectivity index (χ0v) is 15.2. The molecule has 0 radical (unpaired) electrons. The quantitative estimate of drug-likeness (QED) is 0.479. The highest BCUT2D eigenvalue weighted by Crippen LogP contribution is 2.69. The van der Waals surface area contributed by atoms with E-state index in [0.717, 1.165) is 12.5 Å². The summed E-state index contributed by atoms with van der Waals surface area (Å²) in [6, 6.07) is 1.49. The standard InChI is InChI=1S/C13H20N2O7P2/c1-8-12(9(2)22-15-8)11-4-10(6-14-7-11)5-13(3,23(16,17)18)24(19,20)21/h4,6-8,15H,5H2,1-3H3,(H2,16,17,18)(H2,19,20,21). The van der Waals surface area contributed by atoms with E-state index in [9.17, 15) is 28.7 Å². The van der Waals surface area contributed by atoms with Gasteiger partial charge in [-0.3, -0.25) is 14.1 Å². The first-order valence-electron chi connectivity index (χ1n) is 7.05. The van der Waals surface area contributed by atoms with Gasteiger partial charge in [-0.25, -0.2) is 0 Å². The van der Waals surface area contributed by atoms with Crippen molar-refractivity contribution in [2.24, 2.45) is 0 Å². The van der Waals surface area contributed by atoms with E-state index in [1.807, 2.05) is 6.92 Å². The highest BCUT2D eigenvalue weighted by Gasteiger charge is 2.56. The summed E-state index contributed by atoms with van der Waals surface area (Å²) in [5.41, 5.74) is 4.56. The number of nitrogens with one attached hydrogen (secondary N) is 1. The maximum atomic E-state index is 11.7. The topological polar surface area (TPSA) is 149 Å². The molecule has 0 fully saturated rings. The largest absolute Gasteiger partial charge is 0.413 e. The third kappa shape index (κ3) is 3.48. The van der Waals surface area contributed by atoms with Gasteiger partial charge < -0.3 is 24.4 Å². The molecule has 134 valence electrons. The summed E-state index contributed by atoms with van der Waals surface area (Å²) in [6.07, 6.45) is 2.37. The second-order valence-electron chi connectivity index (χ2n) is 5.98. The average molecular weight is 378 g/mol. The molecule has 0 saturated carbocycles. The van der Waals surface area contributed by atoms with Crippen LogP contribution in [0.5, 0.6) is 0 Å². The van der Waals surface area contributed by atoms with Crippen LogP contribution in [0.1, 0.15) is 31.9 Å². The summed E-state index contributed by atoms with van der Waals surface area (Å²) in [7, 11) is -10.2. The van der Waals surface area contributed by atoms with Gasteiger partial charge in [0.2, 0.25) is 0 Å². The molecular weight excluding hydrogens is 358 g/mol. The minimum atomic E-state index is -5.08. The maximum absolute atomic E-state index is 11.7. The summed E-state index contributed by atoms with van der Waals surface area (Å²) in [5, 5.41) is 0. The molecular formula is C13H20N2O7P2. The molecule has 1 aromatic heterocycles. The van der Waals surface area contributed by atoms with Gasteiger partial charge >= 0.3 is 15.2 Å². The summed E-state index contributed by atoms with van der Waals surface area (Å²) < 4.78 is 23.4. The Bertz CT molecular complexity index is 745. The fraction of sp³-hybridized carbons (Fsp3) is 0.462. The molecule has 0 aliphatic carbocycles. The monoisotopic (exact) mass is 378 g/mol. The number of allylic oxidation sites excluding steroid dienone is 1. The third-order valence-electron chi connectivity index (χ3n) is 4.10. The van der Waals surface area contributed by atoms with E-state index in [-0.39, 0.29) is 6.04 Å². The first-order chi connectivity index (χ1) is 10.9. The van der Waals surface area contributed by atoms with Crippen molar-refractivity contribution in [1.29, 1.82) is 0 Å². The van der Waals surface area contributed by atoms with Crippen molar-refractivity contribution in [3.63, 3.8) is 0 Å². The number of nitrogens with zero attached hydrogens (tertiary/aromatic N) is 1. The summed E-state index contributed by atoms with van der Waals surface area (Å²) in [4.78, 5) is 44.6. The van der Waals surface area contributed by atoms with Crippen molar-refractivity contribution in [2.75, 3.05) is 0 Å². The van der Waals surface area contributed by atoms with E-state index in [4.69, 9.17) is 4.84 Å². The number of hydrogen-bond acceptors (Lipinski definition) is 5. The van der Waals surface area contributed by atoms with Crippen LogP contribution in [0.15, 0.2) is 24.2 Å². The van der Waals surface area contributed by atoms with Crippen molar-refractivity contribution in [1.82, 2.24) is 10.5 Å². The van der Waals surface area contributed by atoms with E-state index in [0.29, 0.717) is 16.9 Å². The van der Waals surface area contributed by atoms with Crippen LogP contribution >= 0.6 is 15.2 Å². The lowest BCUT2D eigenvalue weighted by Gasteiger charge is -2.30. The van der Waals surface area contributed by atoms with Crippen molar-refractivity contribution < 1.29 is 33.5 Å². The van der Waals surface area contributed by atoms with Crippen LogP contribution in [0.3, 0.4) is 0 Å². The zero-order valence-electron chi connectivity index (χ0n) is 13.4. The lowest BCUT2D eigenvalue weighted by molar-refractivity contribution is 0.122.